The van der Waals surface area contributed by atoms with E-state index < -0.39 is 85.2 Å². The van der Waals surface area contributed by atoms with E-state index in [-0.39, 0.29) is 27.8 Å². The molecule has 14 heteroatoms. The zero-order chi connectivity index (χ0) is 34.2. The van der Waals surface area contributed by atoms with Crippen LogP contribution >= 0.6 is 0 Å². The average Bonchev–Trinajstić information content (AvgIpc) is 3.58. The molecule has 2 aliphatic rings. The van der Waals surface area contributed by atoms with E-state index in [1.165, 1.54) is 0 Å². The van der Waals surface area contributed by atoms with Gasteiger partial charge >= 0.3 is 0 Å². The van der Waals surface area contributed by atoms with Crippen LogP contribution < -0.4 is 0 Å². The zero-order valence-electron chi connectivity index (χ0n) is 22.9. The largest absolute Gasteiger partial charge is 0.270 e. The highest BCUT2D eigenvalue weighted by atomic mass is 19.1. The fraction of sp³-hybridized carbons (Fsp3) is 0. The molecule has 0 atom stereocenters. The van der Waals surface area contributed by atoms with Gasteiger partial charge in [0.15, 0.2) is 0 Å². The lowest BCUT2D eigenvalue weighted by molar-refractivity contribution is 0.573. The number of hydrogen-bond donors (Lipinski definition) is 0. The lowest BCUT2D eigenvalue weighted by atomic mass is 9.88. The first-order chi connectivity index (χ1) is 22.7. The Morgan fingerprint density at radius 1 is 0.681 bits per heavy atom. The minimum Gasteiger partial charge on any atom is -0.237 e. The van der Waals surface area contributed by atoms with E-state index in [1.54, 1.807) is 18.2 Å². The molecule has 0 fully saturated rings. The Labute approximate surface area is 262 Å². The fourth-order valence-electron chi connectivity index (χ4n) is 5.37. The van der Waals surface area contributed by atoms with Crippen molar-refractivity contribution in [1.82, 2.24) is 9.97 Å². The van der Waals surface area contributed by atoms with Gasteiger partial charge in [-0.05, 0) is 40.5 Å². The highest BCUT2D eigenvalue weighted by Gasteiger charge is 2.41. The lowest BCUT2D eigenvalue weighted by Crippen LogP contribution is -2.02. The topological polar surface area (TPSA) is 162 Å². The molecule has 0 saturated heterocycles. The van der Waals surface area contributed by atoms with Crippen molar-refractivity contribution >= 4 is 39.2 Å². The molecule has 0 radical (unpaired) electrons. The van der Waals surface area contributed by atoms with Crippen molar-refractivity contribution in [3.8, 4) is 30.3 Å². The van der Waals surface area contributed by atoms with Crippen molar-refractivity contribution in [1.29, 1.82) is 26.3 Å². The first kappa shape index (κ1) is 30.1. The smallest absolute Gasteiger partial charge is 0.237 e. The zero-order valence-corrected chi connectivity index (χ0v) is 22.9. The van der Waals surface area contributed by atoms with Crippen LogP contribution in [0.1, 0.15) is 44.8 Å². The van der Waals surface area contributed by atoms with Crippen LogP contribution in [0.4, 0.5) is 18.9 Å². The van der Waals surface area contributed by atoms with Crippen molar-refractivity contribution < 1.29 is 13.2 Å². The molecule has 0 unspecified atom stereocenters. The third-order valence-electron chi connectivity index (χ3n) is 7.12. The predicted octanol–water partition coefficient (Wildman–Crippen LogP) is 6.75. The van der Waals surface area contributed by atoms with Gasteiger partial charge in [-0.15, -0.1) is 0 Å². The molecule has 2 aliphatic carbocycles. The minimum absolute atomic E-state index is 0.187. The number of nitrogens with zero attached hydrogens (tertiary/aromatic N) is 11. The number of aromatic nitrogens is 2. The van der Waals surface area contributed by atoms with Gasteiger partial charge in [0.05, 0.1) is 61.2 Å². The second-order valence-corrected chi connectivity index (χ2v) is 9.21. The van der Waals surface area contributed by atoms with Gasteiger partial charge in [0.1, 0.15) is 23.8 Å². The van der Waals surface area contributed by atoms with E-state index >= 15 is 8.78 Å². The van der Waals surface area contributed by atoms with E-state index in [1.807, 2.05) is 12.1 Å². The molecule has 3 aromatic rings. The Kier molecular flexibility index (Phi) is 7.31. The van der Waals surface area contributed by atoms with Gasteiger partial charge < -0.3 is 0 Å². The van der Waals surface area contributed by atoms with Crippen LogP contribution in [0.3, 0.4) is 0 Å². The maximum absolute atomic E-state index is 15.5. The molecular weight excluding hydrogens is 607 g/mol. The maximum atomic E-state index is 15.5. The summed E-state index contributed by atoms with van der Waals surface area (Å²) in [7, 11) is 0. The number of fused-ring (bicyclic) bond motifs is 2. The number of halogens is 3. The summed E-state index contributed by atoms with van der Waals surface area (Å²) in [6.45, 7) is 30.3. The quantitative estimate of drug-likeness (QED) is 0.176. The van der Waals surface area contributed by atoms with Crippen molar-refractivity contribution in [2.45, 2.75) is 0 Å². The molecule has 2 aromatic carbocycles. The normalized spacial score (nSPS) is 14.4. The molecule has 1 heterocycles. The van der Waals surface area contributed by atoms with Crippen molar-refractivity contribution in [2.24, 2.45) is 0 Å². The van der Waals surface area contributed by atoms with Crippen LogP contribution in [0.2, 0.25) is 0 Å². The minimum atomic E-state index is -1.30. The van der Waals surface area contributed by atoms with Crippen LogP contribution in [0.5, 0.6) is 0 Å². The summed E-state index contributed by atoms with van der Waals surface area (Å²) in [5.41, 5.74) is -7.25. The van der Waals surface area contributed by atoms with E-state index in [0.717, 1.165) is 12.3 Å². The molecular formula is C33H4F3N11. The third-order valence-corrected chi connectivity index (χ3v) is 7.12. The van der Waals surface area contributed by atoms with Crippen LogP contribution in [-0.2, 0) is 0 Å². The molecule has 0 amide bonds. The van der Waals surface area contributed by atoms with Gasteiger partial charge in [-0.25, -0.2) is 43.7 Å². The number of nitriles is 5. The SMILES string of the molecule is [C-]#[N+]C1=C(c2cc(F)c([N+]#[C-])cc2F)/C(=C(/C#N)[N+]#[C-])c2cc3c(c(C#N)c21)/C(=C(/C#N)[N+]#[C-])C(c1cnc(C#N)nc1F)=C3C#N. The Hall–Kier alpha value is -8.32. The van der Waals surface area contributed by atoms with E-state index in [2.05, 4.69) is 29.3 Å². The van der Waals surface area contributed by atoms with Gasteiger partial charge in [0, 0.05) is 34.0 Å². The molecule has 0 saturated carbocycles. The third kappa shape index (κ3) is 4.21. The van der Waals surface area contributed by atoms with Crippen LogP contribution in [0, 0.1) is 101 Å². The Morgan fingerprint density at radius 3 is 1.89 bits per heavy atom. The summed E-state index contributed by atoms with van der Waals surface area (Å²) in [6, 6.07) is 10.9. The van der Waals surface area contributed by atoms with Crippen LogP contribution in [0.15, 0.2) is 35.8 Å². The molecule has 0 bridgehead atoms. The van der Waals surface area contributed by atoms with E-state index in [4.69, 9.17) is 31.6 Å². The van der Waals surface area contributed by atoms with Crippen LogP contribution in [0.25, 0.3) is 52.9 Å². The molecule has 0 spiro atoms. The van der Waals surface area contributed by atoms with Gasteiger partial charge in [0.2, 0.25) is 23.2 Å². The average molecular weight is 611 g/mol. The first-order valence-corrected chi connectivity index (χ1v) is 12.4. The highest BCUT2D eigenvalue weighted by molar-refractivity contribution is 6.30. The second kappa shape index (κ2) is 11.4. The number of allylic oxidation sites excluding steroid dienone is 7. The second-order valence-electron chi connectivity index (χ2n) is 9.21. The maximum Gasteiger partial charge on any atom is 0.270 e. The van der Waals surface area contributed by atoms with Gasteiger partial charge in [-0.3, -0.25) is 0 Å². The van der Waals surface area contributed by atoms with Crippen LogP contribution in [-0.4, -0.2) is 9.97 Å². The summed E-state index contributed by atoms with van der Waals surface area (Å²) >= 11 is 0. The molecule has 1 aromatic heterocycles. The summed E-state index contributed by atoms with van der Waals surface area (Å²) in [5, 5.41) is 49.7. The highest BCUT2D eigenvalue weighted by Crippen LogP contribution is 2.57. The summed E-state index contributed by atoms with van der Waals surface area (Å²) in [6.07, 6.45) is 0.850. The van der Waals surface area contributed by atoms with Gasteiger partial charge in [-0.1, -0.05) is 0 Å². The van der Waals surface area contributed by atoms with E-state index in [0.29, 0.717) is 12.1 Å². The van der Waals surface area contributed by atoms with Gasteiger partial charge in [-0.2, -0.15) is 25.2 Å². The Balaban J connectivity index is 2.03. The Morgan fingerprint density at radius 2 is 1.36 bits per heavy atom. The molecule has 11 nitrogen and oxygen atoms in total. The summed E-state index contributed by atoms with van der Waals surface area (Å²) < 4.78 is 45.6. The molecule has 47 heavy (non-hydrogen) atoms. The number of hydrogen-bond acceptors (Lipinski definition) is 7. The Bertz CT molecular complexity index is 2560. The first-order valence-electron chi connectivity index (χ1n) is 12.4. The summed E-state index contributed by atoms with van der Waals surface area (Å²) in [4.78, 5) is 19.9. The predicted molar refractivity (Wildman–Crippen MR) is 155 cm³/mol. The molecule has 212 valence electrons. The van der Waals surface area contributed by atoms with E-state index in [9.17, 15) is 25.4 Å². The van der Waals surface area contributed by atoms with Crippen molar-refractivity contribution in [2.75, 3.05) is 0 Å². The summed E-state index contributed by atoms with van der Waals surface area (Å²) in [5.74, 6) is -4.25. The standard InChI is InChI=1S/C33H4F3N11/c1-42-22-7-20(34)15(6-21(22)35)30-29(23(10-39)43-2)16-5-14-17(8-37)27(19-13-46-25(12-41)47-33(19)36)31(24(11-40)44-3)26(14)18(9-38)28(16)32(30)45-4/h5-7,13H/b29-23-,31-24+. The molecule has 5 rings (SSSR count). The lowest BCUT2D eigenvalue weighted by Gasteiger charge is -2.14. The van der Waals surface area contributed by atoms with Crippen molar-refractivity contribution in [3.05, 3.63) is 144 Å². The molecule has 0 N–H and O–H groups in total. The van der Waals surface area contributed by atoms with Gasteiger partial charge in [0.25, 0.3) is 11.4 Å². The number of rotatable bonds is 2. The monoisotopic (exact) mass is 611 g/mol. The molecule has 0 aliphatic heterocycles. The number of benzene rings is 2. The fourth-order valence-corrected chi connectivity index (χ4v) is 5.37. The van der Waals surface area contributed by atoms with Crippen molar-refractivity contribution in [3.63, 3.8) is 0 Å².